The Labute approximate surface area is 117 Å². The molecule has 0 saturated heterocycles. The lowest BCUT2D eigenvalue weighted by atomic mass is 9.93. The average molecular weight is 270 g/mol. The van der Waals surface area contributed by atoms with Gasteiger partial charge in [0.1, 0.15) is 5.75 Å². The van der Waals surface area contributed by atoms with Crippen molar-refractivity contribution in [3.05, 3.63) is 35.9 Å². The minimum atomic E-state index is 0. The van der Waals surface area contributed by atoms with Crippen LogP contribution in [0, 0.1) is 5.92 Å². The maximum Gasteiger partial charge on any atom is 0.119 e. The minimum absolute atomic E-state index is 0. The molecule has 0 radical (unpaired) electrons. The fourth-order valence-corrected chi connectivity index (χ4v) is 2.18. The fourth-order valence-electron chi connectivity index (χ4n) is 2.18. The number of nitrogens with zero attached hydrogens (tertiary/aromatic N) is 1. The maximum atomic E-state index is 5.27. The molecule has 0 aliphatic carbocycles. The molecule has 3 heteroatoms. The van der Waals surface area contributed by atoms with Gasteiger partial charge >= 0.3 is 0 Å². The van der Waals surface area contributed by atoms with Gasteiger partial charge in [0, 0.05) is 6.54 Å². The van der Waals surface area contributed by atoms with E-state index in [-0.39, 0.29) is 12.4 Å². The van der Waals surface area contributed by atoms with E-state index in [1.807, 2.05) is 12.1 Å². The Morgan fingerprint density at radius 3 is 2.56 bits per heavy atom. The van der Waals surface area contributed by atoms with Gasteiger partial charge in [-0.3, -0.25) is 0 Å². The highest BCUT2D eigenvalue weighted by Gasteiger charge is 2.11. The zero-order valence-corrected chi connectivity index (χ0v) is 12.8. The monoisotopic (exact) mass is 269 g/mol. The van der Waals surface area contributed by atoms with Crippen LogP contribution in [0.15, 0.2) is 30.3 Å². The van der Waals surface area contributed by atoms with Crippen LogP contribution >= 0.6 is 12.4 Å². The Kier molecular flexibility index (Phi) is 7.72. The first-order valence-electron chi connectivity index (χ1n) is 6.03. The standard InChI is InChI=1S/C15H23NO.ClH/c1-6-15(12(2)11-16(3)4)13-8-7-9-14(10-13)17-5;/h6-10,12H,11H2,1-5H3;1H/b15-6-;. The number of ether oxygens (including phenoxy) is 1. The molecule has 102 valence electrons. The Morgan fingerprint density at radius 2 is 2.06 bits per heavy atom. The first-order valence-corrected chi connectivity index (χ1v) is 6.03. The number of allylic oxidation sites excluding steroid dienone is 1. The van der Waals surface area contributed by atoms with Gasteiger partial charge in [-0.25, -0.2) is 0 Å². The molecule has 0 aliphatic heterocycles. The third-order valence-corrected chi connectivity index (χ3v) is 2.88. The lowest BCUT2D eigenvalue weighted by Gasteiger charge is -2.20. The Bertz CT molecular complexity index is 388. The van der Waals surface area contributed by atoms with Crippen molar-refractivity contribution in [1.82, 2.24) is 4.90 Å². The molecule has 1 aromatic rings. The molecule has 0 heterocycles. The summed E-state index contributed by atoms with van der Waals surface area (Å²) in [6.45, 7) is 5.41. The summed E-state index contributed by atoms with van der Waals surface area (Å²) in [5.74, 6) is 1.43. The van der Waals surface area contributed by atoms with Gasteiger partial charge in [-0.2, -0.15) is 0 Å². The largest absolute Gasteiger partial charge is 0.497 e. The van der Waals surface area contributed by atoms with Gasteiger partial charge in [-0.15, -0.1) is 12.4 Å². The lowest BCUT2D eigenvalue weighted by Crippen LogP contribution is -2.20. The average Bonchev–Trinajstić information content (AvgIpc) is 2.29. The zero-order chi connectivity index (χ0) is 12.8. The Hall–Kier alpha value is -0.990. The molecule has 1 rings (SSSR count). The molecule has 2 nitrogen and oxygen atoms in total. The number of benzene rings is 1. The van der Waals surface area contributed by atoms with Gasteiger partial charge in [0.05, 0.1) is 7.11 Å². The van der Waals surface area contributed by atoms with Gasteiger partial charge in [-0.1, -0.05) is 25.1 Å². The first-order chi connectivity index (χ1) is 8.08. The van der Waals surface area contributed by atoms with Crippen molar-refractivity contribution < 1.29 is 4.74 Å². The van der Waals surface area contributed by atoms with E-state index < -0.39 is 0 Å². The minimum Gasteiger partial charge on any atom is -0.497 e. The fraction of sp³-hybridized carbons (Fsp3) is 0.467. The van der Waals surface area contributed by atoms with Gasteiger partial charge in [0.2, 0.25) is 0 Å². The highest BCUT2D eigenvalue weighted by molar-refractivity contribution is 5.85. The SMILES string of the molecule is C/C=C(\c1cccc(OC)c1)C(C)CN(C)C.Cl. The van der Waals surface area contributed by atoms with E-state index in [1.54, 1.807) is 7.11 Å². The smallest absolute Gasteiger partial charge is 0.119 e. The number of rotatable bonds is 5. The van der Waals surface area contributed by atoms with Crippen LogP contribution in [0.5, 0.6) is 5.75 Å². The molecule has 0 aromatic heterocycles. The van der Waals surface area contributed by atoms with E-state index in [1.165, 1.54) is 11.1 Å². The van der Waals surface area contributed by atoms with E-state index in [0.29, 0.717) is 5.92 Å². The predicted octanol–water partition coefficient (Wildman–Crippen LogP) is 3.72. The van der Waals surface area contributed by atoms with Gasteiger partial charge in [0.25, 0.3) is 0 Å². The maximum absolute atomic E-state index is 5.27. The molecule has 1 aromatic carbocycles. The Balaban J connectivity index is 0.00000289. The summed E-state index contributed by atoms with van der Waals surface area (Å²) in [6, 6.07) is 8.26. The molecule has 0 N–H and O–H groups in total. The third-order valence-electron chi connectivity index (χ3n) is 2.88. The first kappa shape index (κ1) is 17.0. The third kappa shape index (κ3) is 4.71. The molecule has 0 amide bonds. The molecular weight excluding hydrogens is 246 g/mol. The van der Waals surface area contributed by atoms with E-state index >= 15 is 0 Å². The van der Waals surface area contributed by atoms with E-state index in [9.17, 15) is 0 Å². The van der Waals surface area contributed by atoms with Crippen molar-refractivity contribution in [2.24, 2.45) is 5.92 Å². The van der Waals surface area contributed by atoms with Crippen molar-refractivity contribution in [2.75, 3.05) is 27.7 Å². The van der Waals surface area contributed by atoms with Gasteiger partial charge < -0.3 is 9.64 Å². The van der Waals surface area contributed by atoms with E-state index in [2.05, 4.69) is 51.1 Å². The van der Waals surface area contributed by atoms with Crippen molar-refractivity contribution in [3.63, 3.8) is 0 Å². The van der Waals surface area contributed by atoms with Crippen LogP contribution in [-0.4, -0.2) is 32.6 Å². The second-order valence-electron chi connectivity index (χ2n) is 4.64. The summed E-state index contributed by atoms with van der Waals surface area (Å²) >= 11 is 0. The van der Waals surface area contributed by atoms with Gasteiger partial charge in [0.15, 0.2) is 0 Å². The van der Waals surface area contributed by atoms with Crippen molar-refractivity contribution in [2.45, 2.75) is 13.8 Å². The second kappa shape index (κ2) is 8.17. The molecule has 0 bridgehead atoms. The quantitative estimate of drug-likeness (QED) is 0.808. The summed E-state index contributed by atoms with van der Waals surface area (Å²) in [7, 11) is 5.92. The summed E-state index contributed by atoms with van der Waals surface area (Å²) in [5, 5.41) is 0. The van der Waals surface area contributed by atoms with Crippen LogP contribution in [0.2, 0.25) is 0 Å². The molecule has 0 spiro atoms. The van der Waals surface area contributed by atoms with Crippen LogP contribution in [-0.2, 0) is 0 Å². The van der Waals surface area contributed by atoms with E-state index in [0.717, 1.165) is 12.3 Å². The van der Waals surface area contributed by atoms with Crippen LogP contribution in [0.1, 0.15) is 19.4 Å². The molecule has 1 atom stereocenters. The Morgan fingerprint density at radius 1 is 1.39 bits per heavy atom. The number of hydrogen-bond donors (Lipinski definition) is 0. The summed E-state index contributed by atoms with van der Waals surface area (Å²) < 4.78 is 5.27. The van der Waals surface area contributed by atoms with Crippen LogP contribution in [0.4, 0.5) is 0 Å². The molecular formula is C15H24ClNO. The summed E-state index contributed by atoms with van der Waals surface area (Å²) in [6.07, 6.45) is 2.20. The lowest BCUT2D eigenvalue weighted by molar-refractivity contribution is 0.375. The predicted molar refractivity (Wildman–Crippen MR) is 81.6 cm³/mol. The zero-order valence-electron chi connectivity index (χ0n) is 11.9. The number of halogens is 1. The van der Waals surface area contributed by atoms with Crippen molar-refractivity contribution in [1.29, 1.82) is 0 Å². The normalized spacial score (nSPS) is 13.1. The summed E-state index contributed by atoms with van der Waals surface area (Å²) in [5.41, 5.74) is 2.62. The molecule has 0 fully saturated rings. The van der Waals surface area contributed by atoms with Crippen molar-refractivity contribution >= 4 is 18.0 Å². The van der Waals surface area contributed by atoms with Crippen LogP contribution in [0.25, 0.3) is 5.57 Å². The van der Waals surface area contributed by atoms with Crippen LogP contribution < -0.4 is 4.74 Å². The van der Waals surface area contributed by atoms with Crippen LogP contribution in [0.3, 0.4) is 0 Å². The topological polar surface area (TPSA) is 12.5 Å². The highest BCUT2D eigenvalue weighted by Crippen LogP contribution is 2.26. The van der Waals surface area contributed by atoms with Gasteiger partial charge in [-0.05, 0) is 50.2 Å². The molecule has 18 heavy (non-hydrogen) atoms. The molecule has 0 saturated carbocycles. The number of hydrogen-bond acceptors (Lipinski definition) is 2. The second-order valence-corrected chi connectivity index (χ2v) is 4.64. The molecule has 1 unspecified atom stereocenters. The highest BCUT2D eigenvalue weighted by atomic mass is 35.5. The number of methoxy groups -OCH3 is 1. The molecule has 0 aliphatic rings. The summed E-state index contributed by atoms with van der Waals surface area (Å²) in [4.78, 5) is 2.22. The van der Waals surface area contributed by atoms with Crippen molar-refractivity contribution in [3.8, 4) is 5.75 Å². The van der Waals surface area contributed by atoms with E-state index in [4.69, 9.17) is 4.74 Å².